The highest BCUT2D eigenvalue weighted by Crippen LogP contribution is 2.36. The molecule has 6 nitrogen and oxygen atoms in total. The first-order valence-electron chi connectivity index (χ1n) is 7.67. The van der Waals surface area contributed by atoms with Gasteiger partial charge in [-0.15, -0.1) is 0 Å². The third-order valence-electron chi connectivity index (χ3n) is 3.82. The van der Waals surface area contributed by atoms with E-state index in [1.807, 2.05) is 13.8 Å². The first kappa shape index (κ1) is 16.2. The van der Waals surface area contributed by atoms with Gasteiger partial charge in [0.2, 0.25) is 0 Å². The van der Waals surface area contributed by atoms with Crippen molar-refractivity contribution in [2.45, 2.75) is 26.1 Å². The van der Waals surface area contributed by atoms with Crippen LogP contribution in [0.25, 0.3) is 11.3 Å². The largest absolute Gasteiger partial charge is 0.490 e. The highest BCUT2D eigenvalue weighted by Gasteiger charge is 2.25. The quantitative estimate of drug-likeness (QED) is 0.903. The van der Waals surface area contributed by atoms with Crippen LogP contribution in [0.15, 0.2) is 35.3 Å². The lowest BCUT2D eigenvalue weighted by Gasteiger charge is -2.30. The molecule has 1 aromatic heterocycles. The Kier molecular flexibility index (Phi) is 4.11. The Bertz CT molecular complexity index is 806. The minimum absolute atomic E-state index is 0.0843. The van der Waals surface area contributed by atoms with Crippen LogP contribution in [-0.4, -0.2) is 29.0 Å². The number of aliphatic imine (C=N–C) groups is 1. The molecule has 0 radical (unpaired) electrons. The average molecular weight is 329 g/mol. The molecule has 4 N–H and O–H groups in total. The number of nitrogens with two attached hydrogens (primary N) is 2. The number of rotatable bonds is 3. The molecule has 0 fully saturated rings. The van der Waals surface area contributed by atoms with Crippen LogP contribution in [0.3, 0.4) is 0 Å². The number of hydrogen-bond donors (Lipinski definition) is 2. The lowest BCUT2D eigenvalue weighted by molar-refractivity contribution is 0.242. The van der Waals surface area contributed by atoms with E-state index < -0.39 is 12.0 Å². The summed E-state index contributed by atoms with van der Waals surface area (Å²) in [5, 5.41) is 0. The molecular formula is C17H20FN5O. The van der Waals surface area contributed by atoms with E-state index in [1.165, 1.54) is 6.07 Å². The Morgan fingerprint density at radius 2 is 2.00 bits per heavy atom. The SMILES string of the molecule is CC(C)Oc1cccc(F)c1-c1ccc2c(n1)N=C(N)N(C)C2N. The van der Waals surface area contributed by atoms with Gasteiger partial charge in [0, 0.05) is 12.6 Å². The van der Waals surface area contributed by atoms with E-state index in [2.05, 4.69) is 9.98 Å². The van der Waals surface area contributed by atoms with Crippen molar-refractivity contribution in [3.05, 3.63) is 41.7 Å². The topological polar surface area (TPSA) is 89.8 Å². The summed E-state index contributed by atoms with van der Waals surface area (Å²) in [4.78, 5) is 10.4. The van der Waals surface area contributed by atoms with Crippen molar-refractivity contribution in [2.24, 2.45) is 16.5 Å². The van der Waals surface area contributed by atoms with Crippen molar-refractivity contribution in [3.8, 4) is 17.0 Å². The third kappa shape index (κ3) is 2.78. The van der Waals surface area contributed by atoms with Crippen LogP contribution in [-0.2, 0) is 0 Å². The summed E-state index contributed by atoms with van der Waals surface area (Å²) in [6.07, 6.45) is -0.523. The van der Waals surface area contributed by atoms with E-state index in [0.29, 0.717) is 22.8 Å². The summed E-state index contributed by atoms with van der Waals surface area (Å²) in [5.74, 6) is 0.697. The Hall–Kier alpha value is -2.67. The van der Waals surface area contributed by atoms with E-state index in [-0.39, 0.29) is 12.1 Å². The highest BCUT2D eigenvalue weighted by atomic mass is 19.1. The molecule has 126 valence electrons. The zero-order valence-corrected chi connectivity index (χ0v) is 13.8. The van der Waals surface area contributed by atoms with Crippen LogP contribution in [0.1, 0.15) is 25.6 Å². The van der Waals surface area contributed by atoms with Crippen LogP contribution in [0.5, 0.6) is 5.75 Å². The number of pyridine rings is 1. The van der Waals surface area contributed by atoms with Gasteiger partial charge in [0.05, 0.1) is 17.4 Å². The van der Waals surface area contributed by atoms with Crippen LogP contribution in [0.2, 0.25) is 0 Å². The van der Waals surface area contributed by atoms with Crippen molar-refractivity contribution in [3.63, 3.8) is 0 Å². The van der Waals surface area contributed by atoms with Gasteiger partial charge in [-0.25, -0.2) is 9.37 Å². The summed E-state index contributed by atoms with van der Waals surface area (Å²) in [6, 6.07) is 8.21. The number of nitrogens with zero attached hydrogens (tertiary/aromatic N) is 3. The van der Waals surface area contributed by atoms with Gasteiger partial charge in [0.15, 0.2) is 11.8 Å². The van der Waals surface area contributed by atoms with Gasteiger partial charge in [-0.3, -0.25) is 0 Å². The molecule has 1 atom stereocenters. The van der Waals surface area contributed by atoms with Gasteiger partial charge < -0.3 is 21.1 Å². The summed E-state index contributed by atoms with van der Waals surface area (Å²) >= 11 is 0. The maximum absolute atomic E-state index is 14.4. The van der Waals surface area contributed by atoms with Gasteiger partial charge in [-0.05, 0) is 38.1 Å². The first-order chi connectivity index (χ1) is 11.4. The molecule has 0 aliphatic carbocycles. The predicted molar refractivity (Wildman–Crippen MR) is 91.4 cm³/mol. The first-order valence-corrected chi connectivity index (χ1v) is 7.67. The Morgan fingerprint density at radius 1 is 1.25 bits per heavy atom. The van der Waals surface area contributed by atoms with Crippen LogP contribution < -0.4 is 16.2 Å². The van der Waals surface area contributed by atoms with Crippen molar-refractivity contribution < 1.29 is 9.13 Å². The standard InChI is InChI=1S/C17H20FN5O/c1-9(2)24-13-6-4-5-11(18)14(13)12-8-7-10-15(19)23(3)17(20)22-16(10)21-12/h4-9,15H,19H2,1-3H3,(H2,20,21,22). The van der Waals surface area contributed by atoms with E-state index in [4.69, 9.17) is 16.2 Å². The number of aromatic nitrogens is 1. The van der Waals surface area contributed by atoms with Crippen molar-refractivity contribution >= 4 is 11.8 Å². The molecule has 0 saturated heterocycles. The van der Waals surface area contributed by atoms with Crippen molar-refractivity contribution in [2.75, 3.05) is 7.05 Å². The van der Waals surface area contributed by atoms with Crippen LogP contribution in [0.4, 0.5) is 10.2 Å². The molecule has 1 aliphatic heterocycles. The van der Waals surface area contributed by atoms with Gasteiger partial charge in [0.25, 0.3) is 0 Å². The van der Waals surface area contributed by atoms with Gasteiger partial charge >= 0.3 is 0 Å². The lowest BCUT2D eigenvalue weighted by Crippen LogP contribution is -2.43. The lowest BCUT2D eigenvalue weighted by atomic mass is 10.1. The smallest absolute Gasteiger partial charge is 0.199 e. The third-order valence-corrected chi connectivity index (χ3v) is 3.82. The maximum Gasteiger partial charge on any atom is 0.199 e. The number of ether oxygens (including phenoxy) is 1. The fourth-order valence-corrected chi connectivity index (χ4v) is 2.56. The molecule has 0 bridgehead atoms. The predicted octanol–water partition coefficient (Wildman–Crippen LogP) is 2.52. The molecule has 1 aromatic carbocycles. The number of halogens is 1. The molecular weight excluding hydrogens is 309 g/mol. The van der Waals surface area contributed by atoms with Gasteiger partial charge in [-0.2, -0.15) is 4.99 Å². The zero-order chi connectivity index (χ0) is 17.4. The number of guanidine groups is 1. The fourth-order valence-electron chi connectivity index (χ4n) is 2.56. The van der Waals surface area contributed by atoms with Gasteiger partial charge in [0.1, 0.15) is 17.7 Å². The minimum atomic E-state index is -0.439. The number of fused-ring (bicyclic) bond motifs is 1. The average Bonchev–Trinajstić information content (AvgIpc) is 2.52. The van der Waals surface area contributed by atoms with Crippen LogP contribution in [0, 0.1) is 5.82 Å². The number of benzene rings is 1. The monoisotopic (exact) mass is 329 g/mol. The molecule has 0 amide bonds. The molecule has 7 heteroatoms. The Balaban J connectivity index is 2.13. The molecule has 3 rings (SSSR count). The molecule has 2 aromatic rings. The summed E-state index contributed by atoms with van der Waals surface area (Å²) in [6.45, 7) is 3.77. The highest BCUT2D eigenvalue weighted by molar-refractivity contribution is 5.83. The van der Waals surface area contributed by atoms with E-state index >= 15 is 0 Å². The molecule has 0 spiro atoms. The fraction of sp³-hybridized carbons (Fsp3) is 0.294. The van der Waals surface area contributed by atoms with E-state index in [1.54, 1.807) is 36.2 Å². The van der Waals surface area contributed by atoms with E-state index in [9.17, 15) is 4.39 Å². The molecule has 0 saturated carbocycles. The second-order valence-electron chi connectivity index (χ2n) is 5.91. The maximum atomic E-state index is 14.4. The van der Waals surface area contributed by atoms with Gasteiger partial charge in [-0.1, -0.05) is 6.07 Å². The summed E-state index contributed by atoms with van der Waals surface area (Å²) in [5.41, 5.74) is 13.4. The minimum Gasteiger partial charge on any atom is -0.490 e. The summed E-state index contributed by atoms with van der Waals surface area (Å²) in [7, 11) is 1.76. The molecule has 1 aliphatic rings. The summed E-state index contributed by atoms with van der Waals surface area (Å²) < 4.78 is 20.1. The molecule has 24 heavy (non-hydrogen) atoms. The zero-order valence-electron chi connectivity index (χ0n) is 13.8. The second-order valence-corrected chi connectivity index (χ2v) is 5.91. The Morgan fingerprint density at radius 3 is 2.71 bits per heavy atom. The molecule has 1 unspecified atom stereocenters. The molecule has 2 heterocycles. The van der Waals surface area contributed by atoms with Crippen LogP contribution >= 0.6 is 0 Å². The normalized spacial score (nSPS) is 16.8. The Labute approximate surface area is 140 Å². The van der Waals surface area contributed by atoms with E-state index in [0.717, 1.165) is 5.56 Å². The van der Waals surface area contributed by atoms with Crippen molar-refractivity contribution in [1.82, 2.24) is 9.88 Å². The number of hydrogen-bond acceptors (Lipinski definition) is 6. The second kappa shape index (κ2) is 6.09. The van der Waals surface area contributed by atoms with Crippen molar-refractivity contribution in [1.29, 1.82) is 0 Å².